The van der Waals surface area contributed by atoms with Crippen molar-refractivity contribution in [1.29, 1.82) is 0 Å². The Hall–Kier alpha value is -1.97. The maximum absolute atomic E-state index is 6.31. The summed E-state index contributed by atoms with van der Waals surface area (Å²) in [5, 5.41) is 1.49. The van der Waals surface area contributed by atoms with Crippen LogP contribution in [0.1, 0.15) is 22.9 Å². The SMILES string of the molecule is COc1cc(Cl)cc2cc(C(N)c3cccc(C)c3)oc12. The molecule has 1 heterocycles. The third kappa shape index (κ3) is 2.62. The molecule has 0 aliphatic rings. The number of aryl methyl sites for hydroxylation is 1. The normalized spacial score (nSPS) is 12.6. The van der Waals surface area contributed by atoms with Crippen LogP contribution in [0, 0.1) is 6.92 Å². The van der Waals surface area contributed by atoms with Crippen molar-refractivity contribution in [3.8, 4) is 5.75 Å². The summed E-state index contributed by atoms with van der Waals surface area (Å²) in [5.41, 5.74) is 9.16. The van der Waals surface area contributed by atoms with Gasteiger partial charge in [-0.15, -0.1) is 0 Å². The third-order valence-corrected chi connectivity index (χ3v) is 3.71. The molecule has 108 valence electrons. The number of benzene rings is 2. The minimum atomic E-state index is -0.319. The average molecular weight is 302 g/mol. The molecule has 0 saturated heterocycles. The number of furan rings is 1. The highest BCUT2D eigenvalue weighted by atomic mass is 35.5. The number of ether oxygens (including phenoxy) is 1. The van der Waals surface area contributed by atoms with Gasteiger partial charge in [-0.2, -0.15) is 0 Å². The van der Waals surface area contributed by atoms with Crippen LogP contribution in [0.3, 0.4) is 0 Å². The fourth-order valence-electron chi connectivity index (χ4n) is 2.44. The minimum Gasteiger partial charge on any atom is -0.493 e. The van der Waals surface area contributed by atoms with Gasteiger partial charge in [0.25, 0.3) is 0 Å². The number of methoxy groups -OCH3 is 1. The van der Waals surface area contributed by atoms with Gasteiger partial charge in [-0.05, 0) is 24.6 Å². The molecule has 0 aliphatic heterocycles. The zero-order valence-corrected chi connectivity index (χ0v) is 12.6. The fourth-order valence-corrected chi connectivity index (χ4v) is 2.66. The predicted octanol–water partition coefficient (Wildman–Crippen LogP) is 4.45. The summed E-state index contributed by atoms with van der Waals surface area (Å²) in [6.07, 6.45) is 0. The van der Waals surface area contributed by atoms with Crippen LogP contribution in [0.25, 0.3) is 11.0 Å². The molecule has 2 N–H and O–H groups in total. The van der Waals surface area contributed by atoms with E-state index in [4.69, 9.17) is 26.5 Å². The molecule has 0 amide bonds. The summed E-state index contributed by atoms with van der Waals surface area (Å²) in [7, 11) is 1.59. The van der Waals surface area contributed by atoms with Gasteiger partial charge in [0.2, 0.25) is 0 Å². The Morgan fingerprint density at radius 3 is 2.71 bits per heavy atom. The Labute approximate surface area is 128 Å². The number of halogens is 1. The van der Waals surface area contributed by atoms with Crippen LogP contribution in [0.4, 0.5) is 0 Å². The van der Waals surface area contributed by atoms with E-state index in [0.29, 0.717) is 22.1 Å². The number of hydrogen-bond donors (Lipinski definition) is 1. The van der Waals surface area contributed by atoms with E-state index in [1.54, 1.807) is 13.2 Å². The van der Waals surface area contributed by atoms with Gasteiger partial charge in [-0.1, -0.05) is 41.4 Å². The van der Waals surface area contributed by atoms with Crippen molar-refractivity contribution >= 4 is 22.6 Å². The van der Waals surface area contributed by atoms with Gasteiger partial charge in [-0.25, -0.2) is 0 Å². The van der Waals surface area contributed by atoms with E-state index >= 15 is 0 Å². The summed E-state index contributed by atoms with van der Waals surface area (Å²) in [6.45, 7) is 2.04. The monoisotopic (exact) mass is 301 g/mol. The standard InChI is InChI=1S/C17H16ClNO2/c1-10-4-3-5-11(6-10)16(19)14-8-12-7-13(18)9-15(20-2)17(12)21-14/h3-9,16H,19H2,1-2H3. The number of rotatable bonds is 3. The van der Waals surface area contributed by atoms with Gasteiger partial charge in [0, 0.05) is 16.5 Å². The summed E-state index contributed by atoms with van der Waals surface area (Å²) < 4.78 is 11.2. The van der Waals surface area contributed by atoms with Gasteiger partial charge < -0.3 is 14.9 Å². The molecular formula is C17H16ClNO2. The van der Waals surface area contributed by atoms with Crippen molar-refractivity contribution in [3.63, 3.8) is 0 Å². The van der Waals surface area contributed by atoms with Crippen LogP contribution in [-0.2, 0) is 0 Å². The Morgan fingerprint density at radius 1 is 1.19 bits per heavy atom. The van der Waals surface area contributed by atoms with Crippen molar-refractivity contribution in [2.75, 3.05) is 7.11 Å². The molecule has 1 unspecified atom stereocenters. The Bertz CT molecular complexity index is 795. The zero-order valence-electron chi connectivity index (χ0n) is 11.9. The van der Waals surface area contributed by atoms with Crippen LogP contribution < -0.4 is 10.5 Å². The highest BCUT2D eigenvalue weighted by Gasteiger charge is 2.17. The highest BCUT2D eigenvalue weighted by molar-refractivity contribution is 6.31. The fraction of sp³-hybridized carbons (Fsp3) is 0.176. The Balaban J connectivity index is 2.08. The maximum Gasteiger partial charge on any atom is 0.176 e. The molecule has 0 aliphatic carbocycles. The van der Waals surface area contributed by atoms with Gasteiger partial charge in [0.15, 0.2) is 11.3 Å². The lowest BCUT2D eigenvalue weighted by Gasteiger charge is -2.09. The largest absolute Gasteiger partial charge is 0.493 e. The topological polar surface area (TPSA) is 48.4 Å². The molecule has 4 heteroatoms. The Kier molecular flexibility index (Phi) is 3.62. The van der Waals surface area contributed by atoms with Crippen LogP contribution in [0.2, 0.25) is 5.02 Å². The first-order valence-corrected chi connectivity index (χ1v) is 7.05. The average Bonchev–Trinajstić information content (AvgIpc) is 2.89. The first-order chi connectivity index (χ1) is 10.1. The number of nitrogens with two attached hydrogens (primary N) is 1. The molecule has 3 nitrogen and oxygen atoms in total. The summed E-state index contributed by atoms with van der Waals surface area (Å²) in [5.74, 6) is 1.30. The van der Waals surface area contributed by atoms with Crippen LogP contribution in [0.5, 0.6) is 5.75 Å². The number of fused-ring (bicyclic) bond motifs is 1. The van der Waals surface area contributed by atoms with Crippen molar-refractivity contribution in [3.05, 3.63) is 64.4 Å². The second-order valence-electron chi connectivity index (χ2n) is 5.07. The first kappa shape index (κ1) is 14.0. The van der Waals surface area contributed by atoms with E-state index in [1.807, 2.05) is 37.3 Å². The predicted molar refractivity (Wildman–Crippen MR) is 85.0 cm³/mol. The lowest BCUT2D eigenvalue weighted by molar-refractivity contribution is 0.406. The second-order valence-corrected chi connectivity index (χ2v) is 5.50. The molecule has 1 aromatic heterocycles. The molecule has 0 fully saturated rings. The van der Waals surface area contributed by atoms with Crippen LogP contribution >= 0.6 is 11.6 Å². The molecule has 0 spiro atoms. The van der Waals surface area contributed by atoms with E-state index in [0.717, 1.165) is 10.9 Å². The zero-order chi connectivity index (χ0) is 15.0. The highest BCUT2D eigenvalue weighted by Crippen LogP contribution is 2.35. The quantitative estimate of drug-likeness (QED) is 0.777. The van der Waals surface area contributed by atoms with Crippen LogP contribution in [0.15, 0.2) is 46.9 Å². The Morgan fingerprint density at radius 2 is 2.00 bits per heavy atom. The van der Waals surface area contributed by atoms with Crippen molar-refractivity contribution < 1.29 is 9.15 Å². The minimum absolute atomic E-state index is 0.319. The lowest BCUT2D eigenvalue weighted by atomic mass is 10.0. The van der Waals surface area contributed by atoms with Gasteiger partial charge in [-0.3, -0.25) is 0 Å². The molecule has 0 bridgehead atoms. The molecule has 3 rings (SSSR count). The summed E-state index contributed by atoms with van der Waals surface area (Å²) in [6, 6.07) is 13.3. The van der Waals surface area contributed by atoms with Gasteiger partial charge in [0.05, 0.1) is 13.2 Å². The molecule has 2 aromatic carbocycles. The molecular weight excluding hydrogens is 286 g/mol. The van der Waals surface area contributed by atoms with Crippen LogP contribution in [-0.4, -0.2) is 7.11 Å². The molecule has 3 aromatic rings. The summed E-state index contributed by atoms with van der Waals surface area (Å²) in [4.78, 5) is 0. The van der Waals surface area contributed by atoms with Crippen molar-refractivity contribution in [2.24, 2.45) is 5.73 Å². The summed E-state index contributed by atoms with van der Waals surface area (Å²) >= 11 is 6.08. The van der Waals surface area contributed by atoms with Crippen molar-refractivity contribution in [1.82, 2.24) is 0 Å². The second kappa shape index (κ2) is 5.43. The van der Waals surface area contributed by atoms with E-state index in [-0.39, 0.29) is 6.04 Å². The maximum atomic E-state index is 6.31. The molecule has 21 heavy (non-hydrogen) atoms. The molecule has 0 radical (unpaired) electrons. The molecule has 1 atom stereocenters. The first-order valence-electron chi connectivity index (χ1n) is 6.67. The smallest absolute Gasteiger partial charge is 0.176 e. The van der Waals surface area contributed by atoms with Gasteiger partial charge >= 0.3 is 0 Å². The van der Waals surface area contributed by atoms with Gasteiger partial charge in [0.1, 0.15) is 5.76 Å². The van der Waals surface area contributed by atoms with E-state index in [9.17, 15) is 0 Å². The van der Waals surface area contributed by atoms with E-state index in [1.165, 1.54) is 5.56 Å². The third-order valence-electron chi connectivity index (χ3n) is 3.49. The van der Waals surface area contributed by atoms with E-state index in [2.05, 4.69) is 6.07 Å². The lowest BCUT2D eigenvalue weighted by Crippen LogP contribution is -2.10. The number of hydrogen-bond acceptors (Lipinski definition) is 3. The van der Waals surface area contributed by atoms with Crippen molar-refractivity contribution in [2.45, 2.75) is 13.0 Å². The van der Waals surface area contributed by atoms with E-state index < -0.39 is 0 Å². The molecule has 0 saturated carbocycles.